The molecule has 0 amide bonds. The maximum atomic E-state index is 12.0. The highest BCUT2D eigenvalue weighted by molar-refractivity contribution is 5.92. The first-order chi connectivity index (χ1) is 12.5. The molecule has 1 saturated carbocycles. The Morgan fingerprint density at radius 1 is 1.15 bits per heavy atom. The zero-order chi connectivity index (χ0) is 18.7. The Morgan fingerprint density at radius 2 is 1.81 bits per heavy atom. The Bertz CT molecular complexity index is 843. The normalized spacial score (nSPS) is 18.9. The molecule has 0 aromatic heterocycles. The minimum absolute atomic E-state index is 0.0819. The average molecular weight is 354 g/mol. The maximum Gasteiger partial charge on any atom is 0.365 e. The number of ether oxygens (including phenoxy) is 1. The number of hydrogen-bond donors (Lipinski definition) is 0. The van der Waals surface area contributed by atoms with E-state index in [0.29, 0.717) is 5.92 Å². The fourth-order valence-electron chi connectivity index (χ4n) is 2.83. The van der Waals surface area contributed by atoms with Crippen molar-refractivity contribution in [2.45, 2.75) is 19.3 Å². The molecule has 0 radical (unpaired) electrons. The lowest BCUT2D eigenvalue weighted by atomic mass is 10.1. The van der Waals surface area contributed by atoms with Gasteiger partial charge in [-0.1, -0.05) is 17.3 Å². The van der Waals surface area contributed by atoms with Gasteiger partial charge in [-0.25, -0.2) is 4.79 Å². The second-order valence-electron chi connectivity index (χ2n) is 6.14. The van der Waals surface area contributed by atoms with Gasteiger partial charge in [0, 0.05) is 18.1 Å². The van der Waals surface area contributed by atoms with Gasteiger partial charge < -0.3 is 9.57 Å². The van der Waals surface area contributed by atoms with Crippen LogP contribution in [0.15, 0.2) is 53.7 Å². The highest BCUT2D eigenvalue weighted by Crippen LogP contribution is 2.48. The van der Waals surface area contributed by atoms with E-state index in [1.54, 1.807) is 7.11 Å². The van der Waals surface area contributed by atoms with E-state index in [-0.39, 0.29) is 17.2 Å². The van der Waals surface area contributed by atoms with Crippen LogP contribution >= 0.6 is 0 Å². The van der Waals surface area contributed by atoms with Gasteiger partial charge in [-0.2, -0.15) is 0 Å². The Morgan fingerprint density at radius 3 is 2.38 bits per heavy atom. The summed E-state index contributed by atoms with van der Waals surface area (Å²) in [6.07, 6.45) is 0.955. The summed E-state index contributed by atoms with van der Waals surface area (Å²) in [7, 11) is 1.63. The lowest BCUT2D eigenvalue weighted by molar-refractivity contribution is -0.384. The van der Waals surface area contributed by atoms with Gasteiger partial charge in [0.2, 0.25) is 0 Å². The van der Waals surface area contributed by atoms with Crippen molar-refractivity contribution >= 4 is 17.4 Å². The molecule has 26 heavy (non-hydrogen) atoms. The molecule has 1 aliphatic carbocycles. The van der Waals surface area contributed by atoms with E-state index in [9.17, 15) is 14.9 Å². The Labute approximate surface area is 150 Å². The van der Waals surface area contributed by atoms with E-state index in [1.165, 1.54) is 29.8 Å². The summed E-state index contributed by atoms with van der Waals surface area (Å²) in [6.45, 7) is 1.83. The summed E-state index contributed by atoms with van der Waals surface area (Å²) in [5.74, 6) is 0.782. The molecular weight excluding hydrogens is 336 g/mol. The summed E-state index contributed by atoms with van der Waals surface area (Å²) in [4.78, 5) is 27.1. The molecule has 7 heteroatoms. The lowest BCUT2D eigenvalue weighted by Gasteiger charge is -2.03. The number of benzene rings is 2. The van der Waals surface area contributed by atoms with E-state index < -0.39 is 10.9 Å². The topological polar surface area (TPSA) is 91.0 Å². The lowest BCUT2D eigenvalue weighted by Crippen LogP contribution is -2.05. The summed E-state index contributed by atoms with van der Waals surface area (Å²) < 4.78 is 5.15. The van der Waals surface area contributed by atoms with Gasteiger partial charge in [0.15, 0.2) is 0 Å². The molecule has 0 unspecified atom stereocenters. The highest BCUT2D eigenvalue weighted by atomic mass is 16.7. The van der Waals surface area contributed by atoms with Crippen LogP contribution in [0.3, 0.4) is 0 Å². The third kappa shape index (κ3) is 3.88. The highest BCUT2D eigenvalue weighted by Gasteiger charge is 2.40. The number of hydrogen-bond acceptors (Lipinski definition) is 6. The number of non-ortho nitro benzene ring substituents is 1. The number of nitro groups is 1. The molecule has 3 rings (SSSR count). The van der Waals surface area contributed by atoms with Crippen molar-refractivity contribution in [3.63, 3.8) is 0 Å². The van der Waals surface area contributed by atoms with Crippen molar-refractivity contribution in [3.05, 3.63) is 69.8 Å². The predicted molar refractivity (Wildman–Crippen MR) is 95.5 cm³/mol. The number of carbonyl (C=O) groups excluding carboxylic acids is 1. The summed E-state index contributed by atoms with van der Waals surface area (Å²) in [6, 6.07) is 13.1. The molecule has 1 aliphatic rings. The van der Waals surface area contributed by atoms with Crippen LogP contribution in [-0.2, 0) is 4.84 Å². The molecule has 2 atom stereocenters. The molecule has 7 nitrogen and oxygen atoms in total. The first-order valence-corrected chi connectivity index (χ1v) is 8.14. The third-order valence-electron chi connectivity index (χ3n) is 4.46. The van der Waals surface area contributed by atoms with Crippen LogP contribution in [0.25, 0.3) is 0 Å². The van der Waals surface area contributed by atoms with Gasteiger partial charge >= 0.3 is 5.97 Å². The number of methoxy groups -OCH3 is 1. The van der Waals surface area contributed by atoms with Crippen molar-refractivity contribution in [3.8, 4) is 5.75 Å². The first kappa shape index (κ1) is 17.6. The fourth-order valence-corrected chi connectivity index (χ4v) is 2.83. The van der Waals surface area contributed by atoms with Crippen LogP contribution < -0.4 is 4.74 Å². The number of rotatable bonds is 6. The molecule has 0 heterocycles. The fraction of sp³-hybridized carbons (Fsp3) is 0.263. The van der Waals surface area contributed by atoms with Gasteiger partial charge in [-0.05, 0) is 49.1 Å². The van der Waals surface area contributed by atoms with Crippen molar-refractivity contribution in [2.24, 2.45) is 11.1 Å². The van der Waals surface area contributed by atoms with Crippen molar-refractivity contribution in [1.29, 1.82) is 0 Å². The van der Waals surface area contributed by atoms with Crippen molar-refractivity contribution in [1.82, 2.24) is 0 Å². The van der Waals surface area contributed by atoms with E-state index in [0.717, 1.165) is 17.9 Å². The SMILES string of the molecule is COc1ccc([C@H]2C[C@@H]2C(C)=NOC(=O)c2ccc([N+](=O)[O-])cc2)cc1. The second-order valence-corrected chi connectivity index (χ2v) is 6.14. The van der Waals surface area contributed by atoms with Gasteiger partial charge in [0.25, 0.3) is 5.69 Å². The quantitative estimate of drug-likeness (QED) is 0.339. The van der Waals surface area contributed by atoms with Crippen LogP contribution in [0.4, 0.5) is 5.69 Å². The minimum atomic E-state index is -0.638. The van der Waals surface area contributed by atoms with Crippen molar-refractivity contribution < 1.29 is 19.3 Å². The average Bonchev–Trinajstić information content (AvgIpc) is 3.47. The van der Waals surface area contributed by atoms with Gasteiger partial charge in [0.1, 0.15) is 5.75 Å². The van der Waals surface area contributed by atoms with Gasteiger partial charge in [0.05, 0.1) is 23.3 Å². The van der Waals surface area contributed by atoms with Crippen LogP contribution in [-0.4, -0.2) is 23.7 Å². The zero-order valence-corrected chi connectivity index (χ0v) is 14.4. The molecule has 0 spiro atoms. The van der Waals surface area contributed by atoms with Crippen molar-refractivity contribution in [2.75, 3.05) is 7.11 Å². The van der Waals surface area contributed by atoms with E-state index in [1.807, 2.05) is 31.2 Å². The molecular formula is C19H18N2O5. The smallest absolute Gasteiger partial charge is 0.365 e. The zero-order valence-electron chi connectivity index (χ0n) is 14.4. The third-order valence-corrected chi connectivity index (χ3v) is 4.46. The van der Waals surface area contributed by atoms with E-state index in [4.69, 9.17) is 9.57 Å². The van der Waals surface area contributed by atoms with Crippen LogP contribution in [0.1, 0.15) is 35.2 Å². The summed E-state index contributed by atoms with van der Waals surface area (Å²) in [5.41, 5.74) is 2.09. The number of carbonyl (C=O) groups is 1. The van der Waals surface area contributed by atoms with Crippen LogP contribution in [0.5, 0.6) is 5.75 Å². The molecule has 0 bridgehead atoms. The minimum Gasteiger partial charge on any atom is -0.497 e. The Kier molecular flexibility index (Phi) is 4.97. The number of oxime groups is 1. The molecule has 2 aromatic carbocycles. The van der Waals surface area contributed by atoms with E-state index in [2.05, 4.69) is 5.16 Å². The number of nitrogens with zero attached hydrogens (tertiary/aromatic N) is 2. The van der Waals surface area contributed by atoms with Gasteiger partial charge in [-0.3, -0.25) is 10.1 Å². The molecule has 1 fully saturated rings. The monoisotopic (exact) mass is 354 g/mol. The molecule has 0 aliphatic heterocycles. The summed E-state index contributed by atoms with van der Waals surface area (Å²) >= 11 is 0. The van der Waals surface area contributed by atoms with E-state index >= 15 is 0 Å². The standard InChI is InChI=1S/C19H18N2O5/c1-12(17-11-18(17)13-5-9-16(25-2)10-6-13)20-26-19(22)14-3-7-15(8-4-14)21(23)24/h3-10,17-18H,11H2,1-2H3/t17-,18-/m1/s1. The maximum absolute atomic E-state index is 12.0. The molecule has 0 saturated heterocycles. The second kappa shape index (κ2) is 7.35. The molecule has 2 aromatic rings. The molecule has 134 valence electrons. The predicted octanol–water partition coefficient (Wildman–Crippen LogP) is 3.94. The van der Waals surface area contributed by atoms with Crippen LogP contribution in [0, 0.1) is 16.0 Å². The van der Waals surface area contributed by atoms with Crippen LogP contribution in [0.2, 0.25) is 0 Å². The summed E-state index contributed by atoms with van der Waals surface area (Å²) in [5, 5.41) is 14.6. The first-order valence-electron chi connectivity index (χ1n) is 8.14. The van der Waals surface area contributed by atoms with Gasteiger partial charge in [-0.15, -0.1) is 0 Å². The molecule has 0 N–H and O–H groups in total. The number of nitro benzene ring substituents is 1. The Balaban J connectivity index is 1.58. The largest absolute Gasteiger partial charge is 0.497 e. The Hall–Kier alpha value is -3.22.